The molecule has 4 aromatic rings. The van der Waals surface area contributed by atoms with Crippen LogP contribution in [0.1, 0.15) is 5.56 Å². The third-order valence-electron chi connectivity index (χ3n) is 4.27. The van der Waals surface area contributed by atoms with E-state index in [1.807, 2.05) is 25.4 Å². The van der Waals surface area contributed by atoms with Crippen LogP contribution in [0.25, 0.3) is 17.2 Å². The predicted molar refractivity (Wildman–Crippen MR) is 115 cm³/mol. The molecule has 7 nitrogen and oxygen atoms in total. The zero-order chi connectivity index (χ0) is 20.8. The molecule has 1 amide bonds. The summed E-state index contributed by atoms with van der Waals surface area (Å²) in [6.07, 6.45) is 13.7. The van der Waals surface area contributed by atoms with Gasteiger partial charge in [-0.05, 0) is 54.1 Å². The molecular formula is C23H19N5O2. The summed E-state index contributed by atoms with van der Waals surface area (Å²) in [5.41, 5.74) is 3.42. The maximum absolute atomic E-state index is 12.3. The van der Waals surface area contributed by atoms with E-state index in [9.17, 15) is 4.79 Å². The van der Waals surface area contributed by atoms with Gasteiger partial charge in [0, 0.05) is 54.7 Å². The van der Waals surface area contributed by atoms with Gasteiger partial charge in [-0.3, -0.25) is 19.4 Å². The summed E-state index contributed by atoms with van der Waals surface area (Å²) in [4.78, 5) is 20.5. The SMILES string of the molecule is Cn1cc(-c2ccncc2C=CC(=O)Nc2ccc(Oc3cccnc3)cc2)cn1. The van der Waals surface area contributed by atoms with Crippen molar-refractivity contribution in [1.29, 1.82) is 0 Å². The van der Waals surface area contributed by atoms with Crippen molar-refractivity contribution in [3.63, 3.8) is 0 Å². The standard InChI is InChI=1S/C23H19N5O2/c1-28-16-18(14-26-28)22-10-12-25-13-17(22)4-9-23(29)27-19-5-7-20(8-6-19)30-21-3-2-11-24-15-21/h2-16H,1H3,(H,27,29). The number of benzene rings is 1. The van der Waals surface area contributed by atoms with Crippen LogP contribution in [0, 0.1) is 0 Å². The molecule has 0 aliphatic carbocycles. The molecular weight excluding hydrogens is 378 g/mol. The first-order chi connectivity index (χ1) is 14.7. The van der Waals surface area contributed by atoms with E-state index in [0.717, 1.165) is 16.7 Å². The average molecular weight is 397 g/mol. The number of amides is 1. The van der Waals surface area contributed by atoms with Gasteiger partial charge in [-0.2, -0.15) is 5.10 Å². The number of aryl methyl sites for hydroxylation is 1. The molecule has 0 radical (unpaired) electrons. The highest BCUT2D eigenvalue weighted by atomic mass is 16.5. The number of carbonyl (C=O) groups is 1. The highest BCUT2D eigenvalue weighted by Gasteiger charge is 2.06. The Hall–Kier alpha value is -4.26. The molecule has 3 aromatic heterocycles. The van der Waals surface area contributed by atoms with Gasteiger partial charge in [0.1, 0.15) is 11.5 Å². The minimum Gasteiger partial charge on any atom is -0.456 e. The lowest BCUT2D eigenvalue weighted by Gasteiger charge is -2.07. The van der Waals surface area contributed by atoms with Gasteiger partial charge in [0.25, 0.3) is 0 Å². The predicted octanol–water partition coefficient (Wildman–Crippen LogP) is 4.32. The maximum Gasteiger partial charge on any atom is 0.248 e. The number of aromatic nitrogens is 4. The Bertz CT molecular complexity index is 1170. The zero-order valence-electron chi connectivity index (χ0n) is 16.3. The Morgan fingerprint density at radius 3 is 2.57 bits per heavy atom. The minimum atomic E-state index is -0.239. The Kier molecular flexibility index (Phi) is 5.61. The number of hydrogen-bond donors (Lipinski definition) is 1. The fourth-order valence-corrected chi connectivity index (χ4v) is 2.86. The first kappa shape index (κ1) is 19.1. The van der Waals surface area contributed by atoms with Gasteiger partial charge < -0.3 is 10.1 Å². The highest BCUT2D eigenvalue weighted by molar-refractivity contribution is 6.02. The van der Waals surface area contributed by atoms with E-state index < -0.39 is 0 Å². The van der Waals surface area contributed by atoms with E-state index >= 15 is 0 Å². The van der Waals surface area contributed by atoms with Crippen molar-refractivity contribution < 1.29 is 9.53 Å². The van der Waals surface area contributed by atoms with Gasteiger partial charge in [-0.25, -0.2) is 0 Å². The number of rotatable bonds is 6. The van der Waals surface area contributed by atoms with Gasteiger partial charge in [0.2, 0.25) is 5.91 Å². The van der Waals surface area contributed by atoms with Gasteiger partial charge in [0.05, 0.1) is 12.4 Å². The van der Waals surface area contributed by atoms with Crippen LogP contribution in [0.15, 0.2) is 85.7 Å². The first-order valence-electron chi connectivity index (χ1n) is 9.27. The van der Waals surface area contributed by atoms with E-state index in [4.69, 9.17) is 4.74 Å². The second-order valence-electron chi connectivity index (χ2n) is 6.50. The maximum atomic E-state index is 12.3. The fourth-order valence-electron chi connectivity index (χ4n) is 2.86. The third-order valence-corrected chi connectivity index (χ3v) is 4.27. The Morgan fingerprint density at radius 1 is 1.00 bits per heavy atom. The second kappa shape index (κ2) is 8.83. The van der Waals surface area contributed by atoms with Crippen LogP contribution in [-0.2, 0) is 11.8 Å². The molecule has 0 atom stereocenters. The molecule has 0 saturated carbocycles. The molecule has 0 bridgehead atoms. The van der Waals surface area contributed by atoms with Crippen LogP contribution >= 0.6 is 0 Å². The number of nitrogens with one attached hydrogen (secondary N) is 1. The molecule has 7 heteroatoms. The quantitative estimate of drug-likeness (QED) is 0.490. The zero-order valence-corrected chi connectivity index (χ0v) is 16.3. The van der Waals surface area contributed by atoms with Crippen molar-refractivity contribution in [3.05, 3.63) is 91.3 Å². The highest BCUT2D eigenvalue weighted by Crippen LogP contribution is 2.24. The molecule has 0 unspecified atom stereocenters. The molecule has 0 aliphatic heterocycles. The van der Waals surface area contributed by atoms with Crippen LogP contribution < -0.4 is 10.1 Å². The molecule has 1 N–H and O–H groups in total. The van der Waals surface area contributed by atoms with E-state index in [-0.39, 0.29) is 5.91 Å². The van der Waals surface area contributed by atoms with Gasteiger partial charge in [-0.15, -0.1) is 0 Å². The number of hydrogen-bond acceptors (Lipinski definition) is 5. The summed E-state index contributed by atoms with van der Waals surface area (Å²) >= 11 is 0. The number of carbonyl (C=O) groups excluding carboxylic acids is 1. The van der Waals surface area contributed by atoms with Crippen molar-refractivity contribution in [3.8, 4) is 22.6 Å². The van der Waals surface area contributed by atoms with Crippen LogP contribution in [0.4, 0.5) is 5.69 Å². The molecule has 0 spiro atoms. The lowest BCUT2D eigenvalue weighted by Crippen LogP contribution is -2.07. The van der Waals surface area contributed by atoms with E-state index in [2.05, 4.69) is 20.4 Å². The molecule has 1 aromatic carbocycles. The normalized spacial score (nSPS) is 10.8. The lowest BCUT2D eigenvalue weighted by molar-refractivity contribution is -0.111. The second-order valence-corrected chi connectivity index (χ2v) is 6.50. The van der Waals surface area contributed by atoms with Crippen LogP contribution in [-0.4, -0.2) is 25.7 Å². The molecule has 0 aliphatic rings. The first-order valence-corrected chi connectivity index (χ1v) is 9.27. The van der Waals surface area contributed by atoms with E-state index in [1.165, 1.54) is 6.08 Å². The van der Waals surface area contributed by atoms with E-state index in [0.29, 0.717) is 17.2 Å². The summed E-state index contributed by atoms with van der Waals surface area (Å²) in [7, 11) is 1.86. The van der Waals surface area contributed by atoms with Crippen molar-refractivity contribution in [2.24, 2.45) is 7.05 Å². The van der Waals surface area contributed by atoms with Crippen LogP contribution in [0.2, 0.25) is 0 Å². The molecule has 3 heterocycles. The van der Waals surface area contributed by atoms with Crippen molar-refractivity contribution >= 4 is 17.7 Å². The fraction of sp³-hybridized carbons (Fsp3) is 0.0435. The monoisotopic (exact) mass is 397 g/mol. The van der Waals surface area contributed by atoms with E-state index in [1.54, 1.807) is 72.1 Å². The smallest absolute Gasteiger partial charge is 0.248 e. The lowest BCUT2D eigenvalue weighted by atomic mass is 10.0. The number of pyridine rings is 2. The third kappa shape index (κ3) is 4.77. The summed E-state index contributed by atoms with van der Waals surface area (Å²) in [5.74, 6) is 1.07. The number of ether oxygens (including phenoxy) is 1. The van der Waals surface area contributed by atoms with Crippen LogP contribution in [0.5, 0.6) is 11.5 Å². The van der Waals surface area contributed by atoms with Crippen LogP contribution in [0.3, 0.4) is 0 Å². The van der Waals surface area contributed by atoms with Crippen molar-refractivity contribution in [2.75, 3.05) is 5.32 Å². The number of nitrogens with zero attached hydrogens (tertiary/aromatic N) is 4. The number of anilines is 1. The molecule has 4 rings (SSSR count). The molecule has 0 saturated heterocycles. The Morgan fingerprint density at radius 2 is 1.83 bits per heavy atom. The van der Waals surface area contributed by atoms with Crippen molar-refractivity contribution in [1.82, 2.24) is 19.7 Å². The van der Waals surface area contributed by atoms with Crippen molar-refractivity contribution in [2.45, 2.75) is 0 Å². The Labute approximate surface area is 173 Å². The molecule has 30 heavy (non-hydrogen) atoms. The molecule has 0 fully saturated rings. The summed E-state index contributed by atoms with van der Waals surface area (Å²) in [6.45, 7) is 0. The minimum absolute atomic E-state index is 0.239. The van der Waals surface area contributed by atoms with Gasteiger partial charge in [-0.1, -0.05) is 0 Å². The Balaban J connectivity index is 1.41. The summed E-state index contributed by atoms with van der Waals surface area (Å²) in [6, 6.07) is 12.7. The summed E-state index contributed by atoms with van der Waals surface area (Å²) < 4.78 is 7.43. The van der Waals surface area contributed by atoms with Gasteiger partial charge >= 0.3 is 0 Å². The van der Waals surface area contributed by atoms with Gasteiger partial charge in [0.15, 0.2) is 0 Å². The molecule has 148 valence electrons. The average Bonchev–Trinajstić information content (AvgIpc) is 3.21. The largest absolute Gasteiger partial charge is 0.456 e. The topological polar surface area (TPSA) is 81.9 Å². The summed E-state index contributed by atoms with van der Waals surface area (Å²) in [5, 5.41) is 7.03.